The summed E-state index contributed by atoms with van der Waals surface area (Å²) in [6.07, 6.45) is 6.62. The lowest BCUT2D eigenvalue weighted by atomic mass is 9.62. The van der Waals surface area contributed by atoms with Crippen LogP contribution < -0.4 is 0 Å². The molecule has 202 valence electrons. The standard InChI is InChI=1S/C30H39N5O3/c1-20(2)21-5-7-23(8-6-21)30(37,28(3)18-34(4)19-28)24-15-22(16-31-17-24)26-32-27(35(33-26)25-9-10-25)29(36)11-13-38-14-12-29/h5-8,15-17,20,25,36-37H,9-14,18-19H2,1-4H3. The number of aliphatic hydroxyl groups is 2. The van der Waals surface area contributed by atoms with E-state index in [-0.39, 0.29) is 11.5 Å². The second kappa shape index (κ2) is 9.23. The van der Waals surface area contributed by atoms with Crippen LogP contribution in [0.5, 0.6) is 0 Å². The molecule has 4 heterocycles. The zero-order valence-corrected chi connectivity index (χ0v) is 22.9. The van der Waals surface area contributed by atoms with Gasteiger partial charge >= 0.3 is 0 Å². The van der Waals surface area contributed by atoms with Crippen LogP contribution in [0, 0.1) is 5.41 Å². The Hall–Kier alpha value is -2.65. The summed E-state index contributed by atoms with van der Waals surface area (Å²) in [7, 11) is 2.08. The lowest BCUT2D eigenvalue weighted by molar-refractivity contribution is -0.127. The number of hydrogen-bond acceptors (Lipinski definition) is 7. The summed E-state index contributed by atoms with van der Waals surface area (Å²) in [6, 6.07) is 10.6. The number of rotatable bonds is 7. The smallest absolute Gasteiger partial charge is 0.183 e. The zero-order chi connectivity index (χ0) is 26.7. The number of ether oxygens (including phenoxy) is 1. The Kier molecular flexibility index (Phi) is 6.22. The number of pyridine rings is 1. The fourth-order valence-corrected chi connectivity index (χ4v) is 6.38. The van der Waals surface area contributed by atoms with E-state index in [1.807, 2.05) is 10.7 Å². The van der Waals surface area contributed by atoms with Gasteiger partial charge in [0.15, 0.2) is 11.6 Å². The van der Waals surface area contributed by atoms with Crippen LogP contribution in [0.3, 0.4) is 0 Å². The molecule has 2 saturated heterocycles. The molecule has 3 aliphatic rings. The zero-order valence-electron chi connectivity index (χ0n) is 22.9. The summed E-state index contributed by atoms with van der Waals surface area (Å²) in [4.78, 5) is 11.7. The minimum Gasteiger partial charge on any atom is -0.382 e. The van der Waals surface area contributed by atoms with Crippen molar-refractivity contribution in [3.8, 4) is 11.4 Å². The largest absolute Gasteiger partial charge is 0.382 e. The molecule has 3 fully saturated rings. The van der Waals surface area contributed by atoms with E-state index in [2.05, 4.69) is 62.0 Å². The Balaban J connectivity index is 1.43. The number of aromatic nitrogens is 4. The van der Waals surface area contributed by atoms with Crippen molar-refractivity contribution in [2.75, 3.05) is 33.4 Å². The highest BCUT2D eigenvalue weighted by Crippen LogP contribution is 2.50. The van der Waals surface area contributed by atoms with Crippen molar-refractivity contribution in [1.82, 2.24) is 24.6 Å². The summed E-state index contributed by atoms with van der Waals surface area (Å²) in [5.74, 6) is 1.57. The average Bonchev–Trinajstić information content (AvgIpc) is 3.65. The van der Waals surface area contributed by atoms with Crippen molar-refractivity contribution in [3.05, 3.63) is 65.2 Å². The first-order valence-electron chi connectivity index (χ1n) is 13.9. The van der Waals surface area contributed by atoms with Crippen molar-refractivity contribution in [1.29, 1.82) is 0 Å². The summed E-state index contributed by atoms with van der Waals surface area (Å²) < 4.78 is 7.43. The van der Waals surface area contributed by atoms with E-state index in [9.17, 15) is 10.2 Å². The van der Waals surface area contributed by atoms with E-state index >= 15 is 0 Å². The second-order valence-electron chi connectivity index (χ2n) is 12.3. The number of nitrogens with zero attached hydrogens (tertiary/aromatic N) is 5. The first kappa shape index (κ1) is 25.6. The number of hydrogen-bond donors (Lipinski definition) is 2. The maximum atomic E-state index is 12.6. The van der Waals surface area contributed by atoms with Crippen molar-refractivity contribution >= 4 is 0 Å². The Morgan fingerprint density at radius 3 is 2.34 bits per heavy atom. The van der Waals surface area contributed by atoms with Gasteiger partial charge in [0.2, 0.25) is 0 Å². The quantitative estimate of drug-likeness (QED) is 0.489. The van der Waals surface area contributed by atoms with Crippen LogP contribution in [0.2, 0.25) is 0 Å². The van der Waals surface area contributed by atoms with Gasteiger partial charge < -0.3 is 19.8 Å². The van der Waals surface area contributed by atoms with E-state index in [0.29, 0.717) is 43.6 Å². The molecule has 0 bridgehead atoms. The van der Waals surface area contributed by atoms with Crippen molar-refractivity contribution < 1.29 is 14.9 Å². The molecule has 8 nitrogen and oxygen atoms in total. The molecule has 38 heavy (non-hydrogen) atoms. The first-order valence-corrected chi connectivity index (χ1v) is 13.9. The van der Waals surface area contributed by atoms with Crippen LogP contribution in [0.25, 0.3) is 11.4 Å². The van der Waals surface area contributed by atoms with E-state index in [1.54, 1.807) is 12.4 Å². The molecule has 0 spiro atoms. The third-order valence-corrected chi connectivity index (χ3v) is 8.78. The molecule has 1 unspecified atom stereocenters. The lowest BCUT2D eigenvalue weighted by Crippen LogP contribution is -2.63. The molecule has 6 rings (SSSR count). The maximum absolute atomic E-state index is 12.6. The third kappa shape index (κ3) is 4.18. The topological polar surface area (TPSA) is 96.5 Å². The number of benzene rings is 1. The van der Waals surface area contributed by atoms with Gasteiger partial charge in [0.25, 0.3) is 0 Å². The molecule has 1 saturated carbocycles. The Morgan fingerprint density at radius 2 is 1.74 bits per heavy atom. The van der Waals surface area contributed by atoms with Crippen LogP contribution in [0.4, 0.5) is 0 Å². The Morgan fingerprint density at radius 1 is 1.05 bits per heavy atom. The number of likely N-dealkylation sites (tertiary alicyclic amines) is 1. The summed E-state index contributed by atoms with van der Waals surface area (Å²) in [6.45, 7) is 9.06. The van der Waals surface area contributed by atoms with E-state index in [0.717, 1.165) is 42.6 Å². The molecule has 1 atom stereocenters. The van der Waals surface area contributed by atoms with Crippen LogP contribution in [0.15, 0.2) is 42.7 Å². The minimum absolute atomic E-state index is 0.273. The van der Waals surface area contributed by atoms with E-state index < -0.39 is 11.2 Å². The minimum atomic E-state index is -1.24. The molecule has 1 aliphatic carbocycles. The molecule has 8 heteroatoms. The highest BCUT2D eigenvalue weighted by atomic mass is 16.5. The second-order valence-corrected chi connectivity index (χ2v) is 12.3. The summed E-state index contributed by atoms with van der Waals surface area (Å²) in [5.41, 5.74) is 0.922. The van der Waals surface area contributed by atoms with Gasteiger partial charge in [-0.25, -0.2) is 9.67 Å². The summed E-state index contributed by atoms with van der Waals surface area (Å²) in [5, 5.41) is 28.9. The van der Waals surface area contributed by atoms with Crippen LogP contribution in [0.1, 0.15) is 80.9 Å². The first-order chi connectivity index (χ1) is 18.1. The molecule has 2 N–H and O–H groups in total. The van der Waals surface area contributed by atoms with Crippen molar-refractivity contribution in [2.24, 2.45) is 5.41 Å². The SMILES string of the molecule is CC(C)c1ccc(C(O)(c2cncc(-c3nc(C4(O)CCOCC4)n(C4CC4)n3)c2)C2(C)CN(C)C2)cc1. The van der Waals surface area contributed by atoms with Gasteiger partial charge in [-0.3, -0.25) is 4.98 Å². The van der Waals surface area contributed by atoms with Gasteiger partial charge in [-0.1, -0.05) is 45.0 Å². The normalized spacial score (nSPS) is 22.7. The molecule has 2 aliphatic heterocycles. The fourth-order valence-electron chi connectivity index (χ4n) is 6.38. The maximum Gasteiger partial charge on any atom is 0.183 e. The van der Waals surface area contributed by atoms with Gasteiger partial charge in [-0.15, -0.1) is 0 Å². The van der Waals surface area contributed by atoms with Gasteiger partial charge in [-0.05, 0) is 43.0 Å². The third-order valence-electron chi connectivity index (χ3n) is 8.78. The monoisotopic (exact) mass is 517 g/mol. The van der Waals surface area contributed by atoms with Crippen molar-refractivity contribution in [3.63, 3.8) is 0 Å². The van der Waals surface area contributed by atoms with Gasteiger partial charge in [-0.2, -0.15) is 5.10 Å². The molecular formula is C30H39N5O3. The average molecular weight is 518 g/mol. The fraction of sp³-hybridized carbons (Fsp3) is 0.567. The van der Waals surface area contributed by atoms with Crippen molar-refractivity contribution in [2.45, 2.75) is 69.6 Å². The Labute approximate surface area is 224 Å². The van der Waals surface area contributed by atoms with Gasteiger partial charge in [0, 0.05) is 68.1 Å². The predicted octanol–water partition coefficient (Wildman–Crippen LogP) is 3.98. The molecular weight excluding hydrogens is 478 g/mol. The highest BCUT2D eigenvalue weighted by Gasteiger charge is 2.55. The lowest BCUT2D eigenvalue weighted by Gasteiger charge is -2.55. The molecule has 0 amide bonds. The molecule has 1 aromatic carbocycles. The molecule has 0 radical (unpaired) electrons. The van der Waals surface area contributed by atoms with Crippen LogP contribution in [-0.4, -0.2) is 68.2 Å². The van der Waals surface area contributed by atoms with E-state index in [4.69, 9.17) is 14.8 Å². The van der Waals surface area contributed by atoms with Gasteiger partial charge in [0.1, 0.15) is 11.2 Å². The van der Waals surface area contributed by atoms with Crippen LogP contribution >= 0.6 is 0 Å². The van der Waals surface area contributed by atoms with E-state index in [1.165, 1.54) is 5.56 Å². The van der Waals surface area contributed by atoms with Gasteiger partial charge in [0.05, 0.1) is 6.04 Å². The molecule has 3 aromatic rings. The summed E-state index contributed by atoms with van der Waals surface area (Å²) >= 11 is 0. The van der Waals surface area contributed by atoms with Crippen LogP contribution in [-0.2, 0) is 15.9 Å². The molecule has 2 aromatic heterocycles. The Bertz CT molecular complexity index is 1300. The highest BCUT2D eigenvalue weighted by molar-refractivity contribution is 5.56. The predicted molar refractivity (Wildman–Crippen MR) is 145 cm³/mol.